The third-order valence-electron chi connectivity index (χ3n) is 4.22. The van der Waals surface area contributed by atoms with Crippen molar-refractivity contribution in [2.45, 2.75) is 12.5 Å². The summed E-state index contributed by atoms with van der Waals surface area (Å²) in [5.41, 5.74) is 11.9. The normalized spacial score (nSPS) is 11.5. The highest BCUT2D eigenvalue weighted by Crippen LogP contribution is 2.23. The third-order valence-corrected chi connectivity index (χ3v) is 4.22. The number of carbonyl (C=O) groups excluding carboxylic acids is 2. The molecule has 10 heteroatoms. The number of benzene rings is 1. The standard InChI is InChI=1S/C20H21N7O3/c21-8-7-14(11-28)25-20-26-18(16(17(22)29)19(30)27-20)24-13-5-3-4-12(10-13)15-6-1-2-9-23-15/h1-6,9-11,14H,7-8,21H2,(H2,22,29)(H3,24,25,26,27,30). The summed E-state index contributed by atoms with van der Waals surface area (Å²) in [6.45, 7) is 0.269. The minimum absolute atomic E-state index is 0.0129. The smallest absolute Gasteiger partial charge is 0.267 e. The molecular formula is C20H21N7O3. The van der Waals surface area contributed by atoms with Gasteiger partial charge >= 0.3 is 0 Å². The van der Waals surface area contributed by atoms with Crippen molar-refractivity contribution < 1.29 is 9.59 Å². The Morgan fingerprint density at radius 1 is 1.23 bits per heavy atom. The van der Waals surface area contributed by atoms with Crippen LogP contribution in [0.25, 0.3) is 11.3 Å². The summed E-state index contributed by atoms with van der Waals surface area (Å²) in [6.07, 6.45) is 2.69. The number of anilines is 3. The molecule has 0 radical (unpaired) electrons. The maximum atomic E-state index is 12.4. The quantitative estimate of drug-likeness (QED) is 0.327. The van der Waals surface area contributed by atoms with Gasteiger partial charge in [-0.05, 0) is 37.2 Å². The van der Waals surface area contributed by atoms with Gasteiger partial charge in [0.25, 0.3) is 11.5 Å². The van der Waals surface area contributed by atoms with Gasteiger partial charge < -0.3 is 26.9 Å². The number of nitrogens with one attached hydrogen (secondary N) is 3. The zero-order valence-corrected chi connectivity index (χ0v) is 16.0. The first-order chi connectivity index (χ1) is 14.5. The van der Waals surface area contributed by atoms with Gasteiger partial charge in [-0.15, -0.1) is 0 Å². The maximum Gasteiger partial charge on any atom is 0.267 e. The minimum atomic E-state index is -0.937. The minimum Gasteiger partial charge on any atom is -0.365 e. The van der Waals surface area contributed by atoms with E-state index in [4.69, 9.17) is 11.5 Å². The van der Waals surface area contributed by atoms with E-state index in [0.29, 0.717) is 18.4 Å². The van der Waals surface area contributed by atoms with Gasteiger partial charge in [0.2, 0.25) is 5.95 Å². The number of aromatic amines is 1. The topological polar surface area (TPSA) is 169 Å². The Balaban J connectivity index is 1.97. The van der Waals surface area contributed by atoms with Crippen LogP contribution in [0.4, 0.5) is 17.5 Å². The summed E-state index contributed by atoms with van der Waals surface area (Å²) in [5.74, 6) is -0.962. The molecule has 0 bridgehead atoms. The summed E-state index contributed by atoms with van der Waals surface area (Å²) in [7, 11) is 0. The van der Waals surface area contributed by atoms with Crippen molar-refractivity contribution in [1.82, 2.24) is 15.0 Å². The van der Waals surface area contributed by atoms with Crippen LogP contribution in [0.2, 0.25) is 0 Å². The largest absolute Gasteiger partial charge is 0.365 e. The summed E-state index contributed by atoms with van der Waals surface area (Å²) in [4.78, 5) is 46.4. The van der Waals surface area contributed by atoms with Gasteiger partial charge in [-0.2, -0.15) is 4.98 Å². The van der Waals surface area contributed by atoms with Crippen molar-refractivity contribution in [3.63, 3.8) is 0 Å². The van der Waals surface area contributed by atoms with Crippen molar-refractivity contribution in [3.8, 4) is 11.3 Å². The lowest BCUT2D eigenvalue weighted by Gasteiger charge is -2.15. The average molecular weight is 407 g/mol. The Labute approximate surface area is 171 Å². The Morgan fingerprint density at radius 3 is 2.73 bits per heavy atom. The Hall–Kier alpha value is -4.05. The fourth-order valence-electron chi connectivity index (χ4n) is 2.82. The first kappa shape index (κ1) is 20.7. The van der Waals surface area contributed by atoms with Gasteiger partial charge in [0.05, 0.1) is 11.7 Å². The molecule has 3 rings (SSSR count). The molecule has 2 heterocycles. The van der Waals surface area contributed by atoms with E-state index in [1.807, 2.05) is 24.3 Å². The van der Waals surface area contributed by atoms with E-state index in [1.54, 1.807) is 24.4 Å². The van der Waals surface area contributed by atoms with E-state index in [2.05, 4.69) is 25.6 Å². The van der Waals surface area contributed by atoms with E-state index >= 15 is 0 Å². The first-order valence-corrected chi connectivity index (χ1v) is 9.16. The number of nitrogens with zero attached hydrogens (tertiary/aromatic N) is 2. The molecule has 1 amide bonds. The molecule has 154 valence electrons. The molecule has 10 nitrogen and oxygen atoms in total. The SMILES string of the molecule is NCCC(C=O)Nc1nc(Nc2cccc(-c3ccccn3)c2)c(C(N)=O)c(=O)[nH]1. The molecule has 0 saturated carbocycles. The van der Waals surface area contributed by atoms with Gasteiger partial charge in [-0.25, -0.2) is 0 Å². The highest BCUT2D eigenvalue weighted by Gasteiger charge is 2.18. The maximum absolute atomic E-state index is 12.4. The molecule has 7 N–H and O–H groups in total. The number of rotatable bonds is 9. The second-order valence-electron chi connectivity index (χ2n) is 6.39. The van der Waals surface area contributed by atoms with Crippen molar-refractivity contribution in [3.05, 3.63) is 64.6 Å². The van der Waals surface area contributed by atoms with Gasteiger partial charge in [0.1, 0.15) is 11.8 Å². The van der Waals surface area contributed by atoms with E-state index in [-0.39, 0.29) is 23.9 Å². The fourth-order valence-corrected chi connectivity index (χ4v) is 2.82. The van der Waals surface area contributed by atoms with Crippen molar-refractivity contribution >= 4 is 29.6 Å². The number of nitrogens with two attached hydrogens (primary N) is 2. The van der Waals surface area contributed by atoms with Crippen LogP contribution in [-0.2, 0) is 4.79 Å². The number of aromatic nitrogens is 3. The molecular weight excluding hydrogens is 386 g/mol. The molecule has 3 aromatic rings. The van der Waals surface area contributed by atoms with Crippen LogP contribution in [0.5, 0.6) is 0 Å². The number of primary amides is 1. The van der Waals surface area contributed by atoms with Gasteiger partial charge in [0, 0.05) is 17.4 Å². The molecule has 1 atom stereocenters. The highest BCUT2D eigenvalue weighted by atomic mass is 16.2. The molecule has 30 heavy (non-hydrogen) atoms. The van der Waals surface area contributed by atoms with E-state index in [9.17, 15) is 14.4 Å². The van der Waals surface area contributed by atoms with E-state index in [1.165, 1.54) is 0 Å². The third kappa shape index (κ3) is 4.86. The lowest BCUT2D eigenvalue weighted by atomic mass is 10.1. The lowest BCUT2D eigenvalue weighted by molar-refractivity contribution is -0.108. The highest BCUT2D eigenvalue weighted by molar-refractivity contribution is 5.98. The number of aldehydes is 1. The molecule has 0 aliphatic heterocycles. The van der Waals surface area contributed by atoms with Crippen LogP contribution in [0.15, 0.2) is 53.5 Å². The zero-order chi connectivity index (χ0) is 21.5. The van der Waals surface area contributed by atoms with Crippen LogP contribution in [0, 0.1) is 0 Å². The predicted molar refractivity (Wildman–Crippen MR) is 113 cm³/mol. The van der Waals surface area contributed by atoms with Gasteiger partial charge in [-0.1, -0.05) is 18.2 Å². The lowest BCUT2D eigenvalue weighted by Crippen LogP contribution is -2.30. The zero-order valence-electron chi connectivity index (χ0n) is 16.0. The van der Waals surface area contributed by atoms with Crippen molar-refractivity contribution in [2.75, 3.05) is 17.2 Å². The summed E-state index contributed by atoms with van der Waals surface area (Å²) >= 11 is 0. The van der Waals surface area contributed by atoms with Crippen LogP contribution in [0.3, 0.4) is 0 Å². The van der Waals surface area contributed by atoms with Crippen LogP contribution >= 0.6 is 0 Å². The number of hydrogen-bond donors (Lipinski definition) is 5. The van der Waals surface area contributed by atoms with Crippen LogP contribution < -0.4 is 27.7 Å². The molecule has 2 aromatic heterocycles. The van der Waals surface area contributed by atoms with Crippen LogP contribution in [0.1, 0.15) is 16.8 Å². The number of amides is 1. The Kier molecular flexibility index (Phi) is 6.50. The first-order valence-electron chi connectivity index (χ1n) is 9.16. The average Bonchev–Trinajstić information content (AvgIpc) is 2.73. The monoisotopic (exact) mass is 407 g/mol. The number of H-pyrrole nitrogens is 1. The van der Waals surface area contributed by atoms with Crippen LogP contribution in [-0.4, -0.2) is 39.7 Å². The number of pyridine rings is 1. The Bertz CT molecular complexity index is 1100. The second kappa shape index (κ2) is 9.43. The van der Waals surface area contributed by atoms with E-state index < -0.39 is 17.5 Å². The molecule has 0 aliphatic carbocycles. The van der Waals surface area contributed by atoms with Gasteiger partial charge in [-0.3, -0.25) is 19.6 Å². The van der Waals surface area contributed by atoms with Gasteiger partial charge in [0.15, 0.2) is 5.82 Å². The second-order valence-corrected chi connectivity index (χ2v) is 6.39. The summed E-state index contributed by atoms with van der Waals surface area (Å²) < 4.78 is 0. The van der Waals surface area contributed by atoms with E-state index in [0.717, 1.165) is 11.3 Å². The summed E-state index contributed by atoms with van der Waals surface area (Å²) in [6, 6.07) is 12.1. The fraction of sp³-hybridized carbons (Fsp3) is 0.150. The van der Waals surface area contributed by atoms with Crippen molar-refractivity contribution in [2.24, 2.45) is 11.5 Å². The molecule has 0 fully saturated rings. The molecule has 1 aromatic carbocycles. The van der Waals surface area contributed by atoms with Crippen molar-refractivity contribution in [1.29, 1.82) is 0 Å². The number of hydrogen-bond acceptors (Lipinski definition) is 8. The molecule has 1 unspecified atom stereocenters. The number of carbonyl (C=O) groups is 2. The Morgan fingerprint density at radius 2 is 2.07 bits per heavy atom. The molecule has 0 saturated heterocycles. The summed E-state index contributed by atoms with van der Waals surface area (Å²) in [5, 5.41) is 5.74. The molecule has 0 aliphatic rings. The predicted octanol–water partition coefficient (Wildman–Crippen LogP) is 1.00. The molecule has 0 spiro atoms.